The number of anilines is 2. The summed E-state index contributed by atoms with van der Waals surface area (Å²) in [6, 6.07) is 9.73. The molecule has 126 valence electrons. The first kappa shape index (κ1) is 16.2. The lowest BCUT2D eigenvalue weighted by atomic mass is 10.0. The molecule has 2 aromatic rings. The summed E-state index contributed by atoms with van der Waals surface area (Å²) < 4.78 is 5.02. The highest BCUT2D eigenvalue weighted by Crippen LogP contribution is 2.22. The summed E-state index contributed by atoms with van der Waals surface area (Å²) in [5, 5.41) is 3.39. The SMILES string of the molecule is CCOC(=O)c1ccc(N2CCC[C@H](Nc3ncccn3)C2)cc1. The fraction of sp³-hybridized carbons (Fsp3) is 0.389. The minimum atomic E-state index is -0.275. The Bertz CT molecular complexity index is 660. The first-order valence-electron chi connectivity index (χ1n) is 8.32. The summed E-state index contributed by atoms with van der Waals surface area (Å²) in [7, 11) is 0. The largest absolute Gasteiger partial charge is 0.462 e. The molecule has 0 bridgehead atoms. The molecule has 24 heavy (non-hydrogen) atoms. The van der Waals surface area contributed by atoms with Crippen molar-refractivity contribution in [2.45, 2.75) is 25.8 Å². The molecule has 6 nitrogen and oxygen atoms in total. The molecule has 1 aromatic carbocycles. The molecule has 1 aliphatic rings. The molecule has 1 aliphatic heterocycles. The third kappa shape index (κ3) is 4.01. The van der Waals surface area contributed by atoms with Crippen molar-refractivity contribution in [2.75, 3.05) is 29.9 Å². The van der Waals surface area contributed by atoms with E-state index in [-0.39, 0.29) is 5.97 Å². The third-order valence-corrected chi connectivity index (χ3v) is 4.06. The van der Waals surface area contributed by atoms with Gasteiger partial charge in [-0.1, -0.05) is 0 Å². The monoisotopic (exact) mass is 326 g/mol. The quantitative estimate of drug-likeness (QED) is 0.852. The third-order valence-electron chi connectivity index (χ3n) is 4.06. The smallest absolute Gasteiger partial charge is 0.338 e. The van der Waals surface area contributed by atoms with E-state index in [0.29, 0.717) is 24.2 Å². The van der Waals surface area contributed by atoms with Gasteiger partial charge in [0.15, 0.2) is 0 Å². The lowest BCUT2D eigenvalue weighted by Gasteiger charge is -2.34. The molecule has 1 aromatic heterocycles. The zero-order chi connectivity index (χ0) is 16.8. The van der Waals surface area contributed by atoms with Crippen LogP contribution in [0.3, 0.4) is 0 Å². The molecule has 0 amide bonds. The van der Waals surface area contributed by atoms with E-state index in [1.54, 1.807) is 12.4 Å². The van der Waals surface area contributed by atoms with Gasteiger partial charge in [0.1, 0.15) is 0 Å². The Kier molecular flexibility index (Phi) is 5.25. The van der Waals surface area contributed by atoms with Crippen LogP contribution in [0.4, 0.5) is 11.6 Å². The minimum absolute atomic E-state index is 0.275. The van der Waals surface area contributed by atoms with Crippen LogP contribution in [0.2, 0.25) is 0 Å². The van der Waals surface area contributed by atoms with Gasteiger partial charge in [0.25, 0.3) is 0 Å². The van der Waals surface area contributed by atoms with E-state index in [1.165, 1.54) is 0 Å². The van der Waals surface area contributed by atoms with E-state index in [9.17, 15) is 4.79 Å². The number of carbonyl (C=O) groups is 1. The number of rotatable bonds is 5. The molecule has 0 unspecified atom stereocenters. The molecule has 1 atom stereocenters. The van der Waals surface area contributed by atoms with Gasteiger partial charge in [-0.2, -0.15) is 0 Å². The maximum atomic E-state index is 11.7. The Labute approximate surface area is 141 Å². The fourth-order valence-electron chi connectivity index (χ4n) is 2.91. The molecule has 0 spiro atoms. The van der Waals surface area contributed by atoms with Gasteiger partial charge in [0.2, 0.25) is 5.95 Å². The normalized spacial score (nSPS) is 17.4. The average Bonchev–Trinajstić information content (AvgIpc) is 2.63. The van der Waals surface area contributed by atoms with Crippen LogP contribution in [0.5, 0.6) is 0 Å². The summed E-state index contributed by atoms with van der Waals surface area (Å²) in [6.45, 7) is 4.09. The number of nitrogens with one attached hydrogen (secondary N) is 1. The van der Waals surface area contributed by atoms with Crippen molar-refractivity contribution in [3.8, 4) is 0 Å². The number of hydrogen-bond donors (Lipinski definition) is 1. The van der Waals surface area contributed by atoms with Gasteiger partial charge in [0, 0.05) is 37.2 Å². The second-order valence-corrected chi connectivity index (χ2v) is 5.77. The number of esters is 1. The number of hydrogen-bond acceptors (Lipinski definition) is 6. The van der Waals surface area contributed by atoms with Gasteiger partial charge in [-0.3, -0.25) is 0 Å². The van der Waals surface area contributed by atoms with Gasteiger partial charge in [-0.05, 0) is 50.1 Å². The predicted octanol–water partition coefficient (Wildman–Crippen LogP) is 2.73. The first-order valence-corrected chi connectivity index (χ1v) is 8.32. The second-order valence-electron chi connectivity index (χ2n) is 5.77. The van der Waals surface area contributed by atoms with Crippen molar-refractivity contribution >= 4 is 17.6 Å². The van der Waals surface area contributed by atoms with Gasteiger partial charge < -0.3 is 15.0 Å². The highest BCUT2D eigenvalue weighted by molar-refractivity contribution is 5.89. The lowest BCUT2D eigenvalue weighted by molar-refractivity contribution is 0.0526. The minimum Gasteiger partial charge on any atom is -0.462 e. The maximum Gasteiger partial charge on any atom is 0.338 e. The number of benzene rings is 1. The number of piperidine rings is 1. The van der Waals surface area contributed by atoms with Crippen LogP contribution in [0.15, 0.2) is 42.7 Å². The van der Waals surface area contributed by atoms with Gasteiger partial charge in [-0.25, -0.2) is 14.8 Å². The van der Waals surface area contributed by atoms with Gasteiger partial charge in [0.05, 0.1) is 12.2 Å². The number of ether oxygens (including phenoxy) is 1. The lowest BCUT2D eigenvalue weighted by Crippen LogP contribution is -2.42. The van der Waals surface area contributed by atoms with Crippen LogP contribution in [0, 0.1) is 0 Å². The van der Waals surface area contributed by atoms with Gasteiger partial charge >= 0.3 is 5.97 Å². The summed E-state index contributed by atoms with van der Waals surface area (Å²) in [6.07, 6.45) is 5.67. The molecule has 2 heterocycles. The maximum absolute atomic E-state index is 11.7. The van der Waals surface area contributed by atoms with Crippen LogP contribution in [-0.4, -0.2) is 41.7 Å². The van der Waals surface area contributed by atoms with Crippen molar-refractivity contribution in [1.82, 2.24) is 9.97 Å². The van der Waals surface area contributed by atoms with Crippen molar-refractivity contribution in [3.63, 3.8) is 0 Å². The zero-order valence-corrected chi connectivity index (χ0v) is 13.8. The molecule has 0 aliphatic carbocycles. The van der Waals surface area contributed by atoms with Crippen LogP contribution in [0.1, 0.15) is 30.1 Å². The average molecular weight is 326 g/mol. The van der Waals surface area contributed by atoms with E-state index in [2.05, 4.69) is 20.2 Å². The van der Waals surface area contributed by atoms with Crippen molar-refractivity contribution < 1.29 is 9.53 Å². The summed E-state index contributed by atoms with van der Waals surface area (Å²) in [5.74, 6) is 0.394. The van der Waals surface area contributed by atoms with E-state index in [4.69, 9.17) is 4.74 Å². The highest BCUT2D eigenvalue weighted by atomic mass is 16.5. The Hall–Kier alpha value is -2.63. The molecule has 1 saturated heterocycles. The molecule has 1 N–H and O–H groups in total. The molecular formula is C18H22N4O2. The van der Waals surface area contributed by atoms with E-state index >= 15 is 0 Å². The van der Waals surface area contributed by atoms with Crippen molar-refractivity contribution in [1.29, 1.82) is 0 Å². The van der Waals surface area contributed by atoms with E-state index in [0.717, 1.165) is 31.6 Å². The molecule has 6 heteroatoms. The number of aromatic nitrogens is 2. The summed E-state index contributed by atoms with van der Waals surface area (Å²) in [4.78, 5) is 22.5. The highest BCUT2D eigenvalue weighted by Gasteiger charge is 2.21. The zero-order valence-electron chi connectivity index (χ0n) is 13.8. The number of carbonyl (C=O) groups excluding carboxylic acids is 1. The topological polar surface area (TPSA) is 67.3 Å². The Balaban J connectivity index is 1.63. The summed E-state index contributed by atoms with van der Waals surface area (Å²) in [5.41, 5.74) is 1.70. The standard InChI is InChI=1S/C18H22N4O2/c1-2-24-17(23)14-6-8-16(9-7-14)22-12-3-5-15(13-22)21-18-19-10-4-11-20-18/h4,6-11,15H,2-3,5,12-13H2,1H3,(H,19,20,21)/t15-/m0/s1. The van der Waals surface area contributed by atoms with Crippen LogP contribution in [0.25, 0.3) is 0 Å². The molecule has 1 fully saturated rings. The van der Waals surface area contributed by atoms with Crippen LogP contribution >= 0.6 is 0 Å². The van der Waals surface area contributed by atoms with Crippen LogP contribution < -0.4 is 10.2 Å². The second kappa shape index (κ2) is 7.77. The fourth-order valence-corrected chi connectivity index (χ4v) is 2.91. The number of nitrogens with zero attached hydrogens (tertiary/aromatic N) is 3. The molecular weight excluding hydrogens is 304 g/mol. The molecule has 3 rings (SSSR count). The Morgan fingerprint density at radius 2 is 2.04 bits per heavy atom. The Morgan fingerprint density at radius 1 is 1.29 bits per heavy atom. The first-order chi connectivity index (χ1) is 11.8. The predicted molar refractivity (Wildman–Crippen MR) is 93.3 cm³/mol. The van der Waals surface area contributed by atoms with Gasteiger partial charge in [-0.15, -0.1) is 0 Å². The molecule has 0 radical (unpaired) electrons. The van der Waals surface area contributed by atoms with E-state index < -0.39 is 0 Å². The Morgan fingerprint density at radius 3 is 2.75 bits per heavy atom. The van der Waals surface area contributed by atoms with Crippen molar-refractivity contribution in [3.05, 3.63) is 48.3 Å². The van der Waals surface area contributed by atoms with E-state index in [1.807, 2.05) is 37.3 Å². The molecule has 0 saturated carbocycles. The summed E-state index contributed by atoms with van der Waals surface area (Å²) >= 11 is 0. The van der Waals surface area contributed by atoms with Crippen LogP contribution in [-0.2, 0) is 4.74 Å². The van der Waals surface area contributed by atoms with Crippen molar-refractivity contribution in [2.24, 2.45) is 0 Å².